The first kappa shape index (κ1) is 16.5. The van der Waals surface area contributed by atoms with Gasteiger partial charge in [0.2, 0.25) is 10.0 Å². The van der Waals surface area contributed by atoms with Crippen LogP contribution in [0.4, 0.5) is 0 Å². The molecule has 22 heavy (non-hydrogen) atoms. The Morgan fingerprint density at radius 3 is 2.73 bits per heavy atom. The fourth-order valence-corrected chi connectivity index (χ4v) is 3.59. The molecule has 0 atom stereocenters. The summed E-state index contributed by atoms with van der Waals surface area (Å²) in [5.41, 5.74) is 0.510. The van der Waals surface area contributed by atoms with Crippen molar-refractivity contribution >= 4 is 27.3 Å². The number of methoxy groups -OCH3 is 1. The SMILES string of the molecule is COc1cccc(C(=O)NCCc2ccc(S(N)(=O)=O)s2)c1. The van der Waals surface area contributed by atoms with Crippen molar-refractivity contribution in [2.75, 3.05) is 13.7 Å². The first-order chi connectivity index (χ1) is 10.4. The number of carbonyl (C=O) groups is 1. The summed E-state index contributed by atoms with van der Waals surface area (Å²) >= 11 is 1.11. The van der Waals surface area contributed by atoms with Gasteiger partial charge in [-0.1, -0.05) is 6.07 Å². The maximum Gasteiger partial charge on any atom is 0.251 e. The Labute approximate surface area is 133 Å². The molecule has 1 aromatic carbocycles. The van der Waals surface area contributed by atoms with Gasteiger partial charge in [0.25, 0.3) is 5.91 Å². The van der Waals surface area contributed by atoms with Crippen LogP contribution in [0.15, 0.2) is 40.6 Å². The average molecular weight is 340 g/mol. The van der Waals surface area contributed by atoms with Gasteiger partial charge in [0.1, 0.15) is 9.96 Å². The number of hydrogen-bond acceptors (Lipinski definition) is 5. The van der Waals surface area contributed by atoms with Crippen LogP contribution in [-0.4, -0.2) is 28.0 Å². The summed E-state index contributed by atoms with van der Waals surface area (Å²) in [7, 11) is -2.12. The van der Waals surface area contributed by atoms with Crippen molar-refractivity contribution in [1.82, 2.24) is 5.32 Å². The van der Waals surface area contributed by atoms with Gasteiger partial charge in [-0.2, -0.15) is 0 Å². The zero-order chi connectivity index (χ0) is 16.2. The summed E-state index contributed by atoms with van der Waals surface area (Å²) in [6, 6.07) is 10.0. The molecule has 1 amide bonds. The minimum Gasteiger partial charge on any atom is -0.497 e. The molecule has 0 aliphatic rings. The van der Waals surface area contributed by atoms with Gasteiger partial charge < -0.3 is 10.1 Å². The number of amides is 1. The molecule has 0 saturated carbocycles. The second kappa shape index (κ2) is 6.91. The highest BCUT2D eigenvalue weighted by Gasteiger charge is 2.11. The Hall–Kier alpha value is -1.90. The fourth-order valence-electron chi connectivity index (χ4n) is 1.81. The van der Waals surface area contributed by atoms with E-state index in [9.17, 15) is 13.2 Å². The molecule has 3 N–H and O–H groups in total. The van der Waals surface area contributed by atoms with Crippen LogP contribution < -0.4 is 15.2 Å². The Morgan fingerprint density at radius 1 is 1.32 bits per heavy atom. The van der Waals surface area contributed by atoms with Crippen LogP contribution in [-0.2, 0) is 16.4 Å². The number of nitrogens with two attached hydrogens (primary N) is 1. The van der Waals surface area contributed by atoms with E-state index < -0.39 is 10.0 Å². The number of benzene rings is 1. The largest absolute Gasteiger partial charge is 0.497 e. The normalized spacial score (nSPS) is 11.2. The topological polar surface area (TPSA) is 98.5 Å². The Balaban J connectivity index is 1.90. The average Bonchev–Trinajstić information content (AvgIpc) is 2.96. The van der Waals surface area contributed by atoms with Gasteiger partial charge in [-0.15, -0.1) is 11.3 Å². The molecular weight excluding hydrogens is 324 g/mol. The van der Waals surface area contributed by atoms with Crippen molar-refractivity contribution in [2.45, 2.75) is 10.6 Å². The standard InChI is InChI=1S/C14H16N2O4S2/c1-20-11-4-2-3-10(9-11)14(17)16-8-7-12-5-6-13(21-12)22(15,18)19/h2-6,9H,7-8H2,1H3,(H,16,17)(H2,15,18,19). The number of thiophene rings is 1. The Bertz CT molecular complexity index is 769. The molecular formula is C14H16N2O4S2. The Kier molecular flexibility index (Phi) is 5.17. The van der Waals surface area contributed by atoms with E-state index >= 15 is 0 Å². The number of rotatable bonds is 6. The van der Waals surface area contributed by atoms with Gasteiger partial charge in [-0.05, 0) is 36.8 Å². The number of carbonyl (C=O) groups excluding carboxylic acids is 1. The highest BCUT2D eigenvalue weighted by molar-refractivity contribution is 7.91. The molecule has 1 aromatic heterocycles. The lowest BCUT2D eigenvalue weighted by Gasteiger charge is -2.06. The van der Waals surface area contributed by atoms with Crippen LogP contribution in [0.2, 0.25) is 0 Å². The van der Waals surface area contributed by atoms with Gasteiger partial charge in [0, 0.05) is 17.0 Å². The van der Waals surface area contributed by atoms with Crippen LogP contribution in [0.1, 0.15) is 15.2 Å². The van der Waals surface area contributed by atoms with Crippen LogP contribution in [0.3, 0.4) is 0 Å². The predicted molar refractivity (Wildman–Crippen MR) is 84.7 cm³/mol. The lowest BCUT2D eigenvalue weighted by molar-refractivity contribution is 0.0954. The van der Waals surface area contributed by atoms with E-state index in [-0.39, 0.29) is 10.1 Å². The van der Waals surface area contributed by atoms with E-state index in [1.165, 1.54) is 13.2 Å². The van der Waals surface area contributed by atoms with Gasteiger partial charge in [-0.25, -0.2) is 13.6 Å². The first-order valence-corrected chi connectivity index (χ1v) is 8.80. The first-order valence-electron chi connectivity index (χ1n) is 6.44. The maximum atomic E-state index is 12.0. The zero-order valence-electron chi connectivity index (χ0n) is 11.9. The summed E-state index contributed by atoms with van der Waals surface area (Å²) in [5.74, 6) is 0.408. The molecule has 8 heteroatoms. The highest BCUT2D eigenvalue weighted by atomic mass is 32.2. The molecule has 0 aliphatic carbocycles. The van der Waals surface area contributed by atoms with Crippen molar-refractivity contribution in [2.24, 2.45) is 5.14 Å². The minimum atomic E-state index is -3.66. The quantitative estimate of drug-likeness (QED) is 0.830. The van der Waals surface area contributed by atoms with E-state index in [2.05, 4.69) is 5.32 Å². The second-order valence-corrected chi connectivity index (χ2v) is 7.46. The molecule has 6 nitrogen and oxygen atoms in total. The molecule has 0 saturated heterocycles. The van der Waals surface area contributed by atoms with Gasteiger partial charge >= 0.3 is 0 Å². The minimum absolute atomic E-state index is 0.127. The van der Waals surface area contributed by atoms with Crippen molar-refractivity contribution < 1.29 is 17.9 Å². The van der Waals surface area contributed by atoms with E-state index in [4.69, 9.17) is 9.88 Å². The molecule has 0 radical (unpaired) electrons. The summed E-state index contributed by atoms with van der Waals surface area (Å²) in [4.78, 5) is 12.8. The van der Waals surface area contributed by atoms with Crippen molar-refractivity contribution in [3.05, 3.63) is 46.8 Å². The van der Waals surface area contributed by atoms with Crippen LogP contribution in [0, 0.1) is 0 Å². The fraction of sp³-hybridized carbons (Fsp3) is 0.214. The number of nitrogens with one attached hydrogen (secondary N) is 1. The molecule has 0 bridgehead atoms. The Morgan fingerprint density at radius 2 is 2.09 bits per heavy atom. The molecule has 1 heterocycles. The smallest absolute Gasteiger partial charge is 0.251 e. The highest BCUT2D eigenvalue weighted by Crippen LogP contribution is 2.20. The lowest BCUT2D eigenvalue weighted by atomic mass is 10.2. The van der Waals surface area contributed by atoms with Crippen LogP contribution >= 0.6 is 11.3 Å². The van der Waals surface area contributed by atoms with Crippen molar-refractivity contribution in [3.63, 3.8) is 0 Å². The van der Waals surface area contributed by atoms with E-state index in [1.807, 2.05) is 0 Å². The zero-order valence-corrected chi connectivity index (χ0v) is 13.5. The number of ether oxygens (including phenoxy) is 1. The molecule has 0 spiro atoms. The molecule has 2 aromatic rings. The summed E-state index contributed by atoms with van der Waals surface area (Å²) in [6.45, 7) is 0.403. The second-order valence-electron chi connectivity index (χ2n) is 4.50. The molecule has 0 aliphatic heterocycles. The van der Waals surface area contributed by atoms with Crippen molar-refractivity contribution in [1.29, 1.82) is 0 Å². The van der Waals surface area contributed by atoms with Gasteiger partial charge in [0.05, 0.1) is 7.11 Å². The molecule has 2 rings (SSSR count). The number of hydrogen-bond donors (Lipinski definition) is 2. The van der Waals surface area contributed by atoms with Crippen LogP contribution in [0.25, 0.3) is 0 Å². The van der Waals surface area contributed by atoms with Crippen molar-refractivity contribution in [3.8, 4) is 5.75 Å². The summed E-state index contributed by atoms with van der Waals surface area (Å²) < 4.78 is 27.6. The van der Waals surface area contributed by atoms with E-state index in [1.54, 1.807) is 30.3 Å². The molecule has 0 fully saturated rings. The number of primary sulfonamides is 1. The van der Waals surface area contributed by atoms with E-state index in [0.717, 1.165) is 16.2 Å². The molecule has 118 valence electrons. The number of sulfonamides is 1. The maximum absolute atomic E-state index is 12.0. The third kappa shape index (κ3) is 4.30. The monoisotopic (exact) mass is 340 g/mol. The van der Waals surface area contributed by atoms with E-state index in [0.29, 0.717) is 24.3 Å². The predicted octanol–water partition coefficient (Wildman–Crippen LogP) is 1.38. The molecule has 0 unspecified atom stereocenters. The third-order valence-electron chi connectivity index (χ3n) is 2.91. The summed E-state index contributed by atoms with van der Waals surface area (Å²) in [6.07, 6.45) is 0.538. The van der Waals surface area contributed by atoms with Gasteiger partial charge in [0.15, 0.2) is 0 Å². The van der Waals surface area contributed by atoms with Crippen LogP contribution in [0.5, 0.6) is 5.75 Å². The van der Waals surface area contributed by atoms with Gasteiger partial charge in [-0.3, -0.25) is 4.79 Å². The lowest BCUT2D eigenvalue weighted by Crippen LogP contribution is -2.25. The summed E-state index contributed by atoms with van der Waals surface area (Å²) in [5, 5.41) is 7.83. The third-order valence-corrected chi connectivity index (χ3v) is 5.49.